The number of anilines is 1. The van der Waals surface area contributed by atoms with E-state index in [4.69, 9.17) is 10.7 Å². The van der Waals surface area contributed by atoms with E-state index in [0.717, 1.165) is 48.2 Å². The Morgan fingerprint density at radius 3 is 2.34 bits per heavy atom. The summed E-state index contributed by atoms with van der Waals surface area (Å²) in [6, 6.07) is 3.04. The maximum Gasteiger partial charge on any atom is 0.318 e. The van der Waals surface area contributed by atoms with Gasteiger partial charge in [-0.3, -0.25) is 14.7 Å². The molecular weight excluding hydrogens is 466 g/mol. The molecule has 3 N–H and O–H groups in total. The molecule has 0 aromatic heterocycles. The number of rotatable bonds is 5. The minimum Gasteiger partial charge on any atom is -0.351 e. The molecule has 1 saturated heterocycles. The summed E-state index contributed by atoms with van der Waals surface area (Å²) in [6.45, 7) is 4.23. The van der Waals surface area contributed by atoms with E-state index < -0.39 is 21.6 Å². The lowest BCUT2D eigenvalue weighted by molar-refractivity contribution is -0.125. The Balaban J connectivity index is 1.45. The Labute approximate surface area is 207 Å². The zero-order chi connectivity index (χ0) is 25.4. The summed E-state index contributed by atoms with van der Waals surface area (Å²) < 4.78 is 27.6. The van der Waals surface area contributed by atoms with E-state index in [1.54, 1.807) is 25.3 Å². The first-order valence-corrected chi connectivity index (χ1v) is 13.8. The quantitative estimate of drug-likeness (QED) is 0.643. The van der Waals surface area contributed by atoms with Crippen LogP contribution in [-0.2, 0) is 14.8 Å². The number of hydrogen-bond donors (Lipinski definition) is 2. The minimum absolute atomic E-state index is 0.0852. The van der Waals surface area contributed by atoms with Crippen molar-refractivity contribution in [3.63, 3.8) is 0 Å². The summed E-state index contributed by atoms with van der Waals surface area (Å²) in [5, 5.41) is 4.24. The predicted octanol–water partition coefficient (Wildman–Crippen LogP) is 3.06. The number of nitrogens with one attached hydrogen (secondary N) is 1. The number of carbonyl (C=O) groups excluding carboxylic acids is 2. The van der Waals surface area contributed by atoms with Crippen molar-refractivity contribution in [3.8, 4) is 0 Å². The molecule has 10 heteroatoms. The number of hydrogen-bond acceptors (Lipinski definition) is 5. The zero-order valence-electron chi connectivity index (χ0n) is 20.7. The second-order valence-corrected chi connectivity index (χ2v) is 11.8. The van der Waals surface area contributed by atoms with Gasteiger partial charge in [0.25, 0.3) is 5.91 Å². The topological polar surface area (TPSA) is 125 Å². The lowest BCUT2D eigenvalue weighted by Gasteiger charge is -2.34. The summed E-state index contributed by atoms with van der Waals surface area (Å²) in [4.78, 5) is 30.5. The van der Waals surface area contributed by atoms with Gasteiger partial charge in [-0.1, -0.05) is 19.3 Å². The highest BCUT2D eigenvalue weighted by Crippen LogP contribution is 2.35. The van der Waals surface area contributed by atoms with Crippen LogP contribution >= 0.6 is 0 Å². The number of sulfonamides is 1. The van der Waals surface area contributed by atoms with E-state index >= 15 is 0 Å². The molecule has 190 valence electrons. The first kappa shape index (κ1) is 25.4. The second-order valence-electron chi connectivity index (χ2n) is 9.95. The highest BCUT2D eigenvalue weighted by molar-refractivity contribution is 7.92. The van der Waals surface area contributed by atoms with Crippen LogP contribution in [0.1, 0.15) is 61.6 Å². The van der Waals surface area contributed by atoms with Gasteiger partial charge in [0.2, 0.25) is 10.0 Å². The number of aryl methyl sites for hydroxylation is 2. The molecule has 4 rings (SSSR count). The number of aliphatic imine (C=N–C) groups is 1. The molecule has 2 fully saturated rings. The smallest absolute Gasteiger partial charge is 0.318 e. The molecule has 3 aliphatic rings. The fraction of sp³-hybridized carbons (Fsp3) is 0.560. The molecule has 1 aliphatic carbocycles. The fourth-order valence-electron chi connectivity index (χ4n) is 5.34. The summed E-state index contributed by atoms with van der Waals surface area (Å²) in [6.07, 6.45) is 8.03. The third kappa shape index (κ3) is 5.13. The van der Waals surface area contributed by atoms with E-state index in [0.29, 0.717) is 24.4 Å². The molecule has 3 amide bonds. The summed E-state index contributed by atoms with van der Waals surface area (Å²) in [5.41, 5.74) is 7.62. The third-order valence-corrected chi connectivity index (χ3v) is 9.17. The minimum atomic E-state index is -3.66. The van der Waals surface area contributed by atoms with Crippen molar-refractivity contribution in [3.05, 3.63) is 34.2 Å². The number of carbonyl (C=O) groups is 2. The number of amidine groups is 1. The van der Waals surface area contributed by atoms with E-state index in [1.807, 2.05) is 13.8 Å². The Morgan fingerprint density at radius 1 is 1.17 bits per heavy atom. The average molecular weight is 502 g/mol. The molecular formula is C25H35N5O4S. The Bertz CT molecular complexity index is 1150. The van der Waals surface area contributed by atoms with Crippen molar-refractivity contribution in [2.75, 3.05) is 25.0 Å². The van der Waals surface area contributed by atoms with E-state index in [1.165, 1.54) is 21.0 Å². The van der Waals surface area contributed by atoms with Crippen LogP contribution in [0, 0.1) is 19.8 Å². The molecule has 2 aliphatic heterocycles. The van der Waals surface area contributed by atoms with Crippen LogP contribution in [0.3, 0.4) is 0 Å². The van der Waals surface area contributed by atoms with Crippen LogP contribution in [0.15, 0.2) is 22.5 Å². The van der Waals surface area contributed by atoms with Crippen LogP contribution in [-0.4, -0.2) is 56.2 Å². The highest BCUT2D eigenvalue weighted by Gasteiger charge is 2.48. The van der Waals surface area contributed by atoms with Crippen molar-refractivity contribution >= 4 is 39.6 Å². The largest absolute Gasteiger partial charge is 0.351 e. The van der Waals surface area contributed by atoms with E-state index in [-0.39, 0.29) is 19.0 Å². The van der Waals surface area contributed by atoms with Crippen LogP contribution in [0.5, 0.6) is 0 Å². The molecule has 0 atom stereocenters. The number of primary amides is 1. The molecule has 1 aromatic rings. The zero-order valence-corrected chi connectivity index (χ0v) is 21.5. The van der Waals surface area contributed by atoms with Crippen LogP contribution in [0.25, 0.3) is 6.08 Å². The third-order valence-electron chi connectivity index (χ3n) is 7.60. The molecule has 0 radical (unpaired) electrons. The first-order chi connectivity index (χ1) is 16.5. The van der Waals surface area contributed by atoms with Crippen molar-refractivity contribution < 1.29 is 18.0 Å². The molecule has 1 aromatic carbocycles. The van der Waals surface area contributed by atoms with E-state index in [2.05, 4.69) is 5.32 Å². The van der Waals surface area contributed by atoms with Crippen molar-refractivity contribution in [2.24, 2.45) is 16.6 Å². The van der Waals surface area contributed by atoms with Gasteiger partial charge in [-0.05, 0) is 74.4 Å². The lowest BCUT2D eigenvalue weighted by atomic mass is 9.88. The SMILES string of the molecule is Cc1cc(N(C)C(N)=O)cc(C)c1C=CS(=O)(=O)N1CCC2(CC1)N=C(C1CCCCC1)NC2=O. The molecule has 0 bridgehead atoms. The van der Waals surface area contributed by atoms with Crippen LogP contribution < -0.4 is 16.0 Å². The number of benzene rings is 1. The average Bonchev–Trinajstić information content (AvgIpc) is 3.14. The standard InChI is InChI=1S/C25H35N5O4S/c1-17-15-20(29(3)24(26)32)16-18(2)21(17)9-14-35(33,34)30-12-10-25(11-13-30)23(31)27-22(28-25)19-7-5-4-6-8-19/h9,14-16,19H,4-8,10-13H2,1-3H3,(H2,26,32)(H,27,28,31). The van der Waals surface area contributed by atoms with Crippen LogP contribution in [0.2, 0.25) is 0 Å². The maximum absolute atomic E-state index is 13.1. The molecule has 2 heterocycles. The summed E-state index contributed by atoms with van der Waals surface area (Å²) in [5.74, 6) is 1.04. The van der Waals surface area contributed by atoms with Crippen molar-refractivity contribution in [1.29, 1.82) is 0 Å². The Hall–Kier alpha value is -2.72. The van der Waals surface area contributed by atoms with Gasteiger partial charge in [-0.25, -0.2) is 13.2 Å². The monoisotopic (exact) mass is 501 g/mol. The molecule has 35 heavy (non-hydrogen) atoms. The van der Waals surface area contributed by atoms with Gasteiger partial charge in [0.1, 0.15) is 11.4 Å². The first-order valence-electron chi connectivity index (χ1n) is 12.3. The number of nitrogens with two attached hydrogens (primary N) is 1. The fourth-order valence-corrected chi connectivity index (χ4v) is 6.51. The number of nitrogens with zero attached hydrogens (tertiary/aromatic N) is 3. The van der Waals surface area contributed by atoms with Gasteiger partial charge >= 0.3 is 6.03 Å². The molecule has 1 saturated carbocycles. The van der Waals surface area contributed by atoms with E-state index in [9.17, 15) is 18.0 Å². The van der Waals surface area contributed by atoms with Gasteiger partial charge in [-0.15, -0.1) is 0 Å². The summed E-state index contributed by atoms with van der Waals surface area (Å²) in [7, 11) is -2.07. The van der Waals surface area contributed by atoms with Gasteiger partial charge < -0.3 is 11.1 Å². The van der Waals surface area contributed by atoms with Gasteiger partial charge in [0.15, 0.2) is 0 Å². The van der Waals surface area contributed by atoms with Crippen LogP contribution in [0.4, 0.5) is 10.5 Å². The molecule has 1 spiro atoms. The second kappa shape index (κ2) is 9.73. The lowest BCUT2D eigenvalue weighted by Crippen LogP contribution is -2.50. The number of piperidine rings is 1. The normalized spacial score (nSPS) is 21.3. The highest BCUT2D eigenvalue weighted by atomic mass is 32.2. The summed E-state index contributed by atoms with van der Waals surface area (Å²) >= 11 is 0. The van der Waals surface area contributed by atoms with Crippen molar-refractivity contribution in [1.82, 2.24) is 9.62 Å². The molecule has 0 unspecified atom stereocenters. The van der Waals surface area contributed by atoms with Crippen molar-refractivity contribution in [2.45, 2.75) is 64.3 Å². The predicted molar refractivity (Wildman–Crippen MR) is 138 cm³/mol. The van der Waals surface area contributed by atoms with Gasteiger partial charge in [0, 0.05) is 37.2 Å². The molecule has 9 nitrogen and oxygen atoms in total. The van der Waals surface area contributed by atoms with Gasteiger partial charge in [0.05, 0.1) is 0 Å². The number of urea groups is 1. The number of amides is 3. The van der Waals surface area contributed by atoms with Gasteiger partial charge in [-0.2, -0.15) is 4.31 Å². The Kier molecular flexibility index (Phi) is 7.06. The Morgan fingerprint density at radius 2 is 1.77 bits per heavy atom. The maximum atomic E-state index is 13.1.